The smallest absolute Gasteiger partial charge is 0.420 e. The van der Waals surface area contributed by atoms with E-state index in [0.717, 1.165) is 7.11 Å². The Labute approximate surface area is 144 Å². The minimum atomic E-state index is -4.03. The first-order valence-electron chi connectivity index (χ1n) is 7.02. The van der Waals surface area contributed by atoms with Crippen molar-refractivity contribution in [2.24, 2.45) is 0 Å². The number of carbonyl (C=O) groups is 2. The van der Waals surface area contributed by atoms with Gasteiger partial charge >= 0.3 is 6.09 Å². The first-order valence-corrected chi connectivity index (χ1v) is 8.50. The number of ether oxygens (including phenoxy) is 2. The second-order valence-corrected chi connectivity index (χ2v) is 6.49. The zero-order chi connectivity index (χ0) is 18.4. The quantitative estimate of drug-likeness (QED) is 0.839. The second kappa shape index (κ2) is 7.67. The molecule has 0 aliphatic heterocycles. The molecule has 2 N–H and O–H groups in total. The Kier molecular flexibility index (Phi) is 5.60. The third-order valence-electron chi connectivity index (χ3n) is 3.18. The van der Waals surface area contributed by atoms with E-state index in [2.05, 4.69) is 10.1 Å². The summed E-state index contributed by atoms with van der Waals surface area (Å²) in [6.45, 7) is 0. The van der Waals surface area contributed by atoms with Gasteiger partial charge in [-0.25, -0.2) is 17.9 Å². The summed E-state index contributed by atoms with van der Waals surface area (Å²) < 4.78 is 34.8. The minimum absolute atomic E-state index is 0.139. The SMILES string of the molecule is COC(=O)NS(=O)(=O)c1ccc(NC(=O)c2ccc(OC)cc2)cc1. The summed E-state index contributed by atoms with van der Waals surface area (Å²) in [6, 6.07) is 11.9. The van der Waals surface area contributed by atoms with Gasteiger partial charge in [0.05, 0.1) is 19.1 Å². The maximum Gasteiger partial charge on any atom is 0.420 e. The Balaban J connectivity index is 2.09. The summed E-state index contributed by atoms with van der Waals surface area (Å²) in [5.74, 6) is 0.273. The molecule has 0 aliphatic carbocycles. The number of rotatable bonds is 5. The van der Waals surface area contributed by atoms with Crippen molar-refractivity contribution in [3.63, 3.8) is 0 Å². The highest BCUT2D eigenvalue weighted by atomic mass is 32.2. The first-order chi connectivity index (χ1) is 11.9. The van der Waals surface area contributed by atoms with Crippen LogP contribution < -0.4 is 14.8 Å². The zero-order valence-corrected chi connectivity index (χ0v) is 14.3. The summed E-state index contributed by atoms with van der Waals surface area (Å²) in [4.78, 5) is 23.0. The fraction of sp³-hybridized carbons (Fsp3) is 0.125. The normalized spacial score (nSPS) is 10.6. The van der Waals surface area contributed by atoms with Crippen LogP contribution in [0.25, 0.3) is 0 Å². The minimum Gasteiger partial charge on any atom is -0.497 e. The van der Waals surface area contributed by atoms with Gasteiger partial charge in [-0.05, 0) is 48.5 Å². The van der Waals surface area contributed by atoms with Crippen molar-refractivity contribution < 1.29 is 27.5 Å². The van der Waals surface area contributed by atoms with Crippen LogP contribution in [0.5, 0.6) is 5.75 Å². The molecule has 0 aromatic heterocycles. The number of amides is 2. The van der Waals surface area contributed by atoms with Gasteiger partial charge in [0.2, 0.25) is 0 Å². The molecular formula is C16H16N2O6S. The number of nitrogens with one attached hydrogen (secondary N) is 2. The van der Waals surface area contributed by atoms with Crippen LogP contribution in [0, 0.1) is 0 Å². The third kappa shape index (κ3) is 4.70. The van der Waals surface area contributed by atoms with Crippen LogP contribution in [0.15, 0.2) is 53.4 Å². The van der Waals surface area contributed by atoms with Crippen LogP contribution >= 0.6 is 0 Å². The molecule has 2 amide bonds. The van der Waals surface area contributed by atoms with Crippen molar-refractivity contribution in [2.45, 2.75) is 4.90 Å². The first kappa shape index (κ1) is 18.3. The molecule has 132 valence electrons. The van der Waals surface area contributed by atoms with Gasteiger partial charge in [-0.2, -0.15) is 0 Å². The average Bonchev–Trinajstić information content (AvgIpc) is 2.61. The lowest BCUT2D eigenvalue weighted by atomic mass is 10.2. The molecule has 25 heavy (non-hydrogen) atoms. The summed E-state index contributed by atoms with van der Waals surface area (Å²) in [7, 11) is -1.44. The Hall–Kier alpha value is -3.07. The molecule has 0 radical (unpaired) electrons. The molecule has 0 saturated heterocycles. The van der Waals surface area contributed by atoms with Crippen LogP contribution in [0.2, 0.25) is 0 Å². The summed E-state index contributed by atoms with van der Waals surface area (Å²) in [6.07, 6.45) is -1.09. The molecule has 0 atom stereocenters. The predicted octanol–water partition coefficient (Wildman–Crippen LogP) is 1.99. The van der Waals surface area contributed by atoms with Gasteiger partial charge in [-0.1, -0.05) is 0 Å². The second-order valence-electron chi connectivity index (χ2n) is 4.80. The number of sulfonamides is 1. The maximum atomic E-state index is 12.1. The molecular weight excluding hydrogens is 348 g/mol. The Morgan fingerprint density at radius 3 is 2.04 bits per heavy atom. The summed E-state index contributed by atoms with van der Waals surface area (Å²) >= 11 is 0. The van der Waals surface area contributed by atoms with E-state index >= 15 is 0 Å². The van der Waals surface area contributed by atoms with Gasteiger partial charge in [0.15, 0.2) is 0 Å². The molecule has 8 nitrogen and oxygen atoms in total. The van der Waals surface area contributed by atoms with Crippen molar-refractivity contribution in [3.8, 4) is 5.75 Å². The molecule has 2 aromatic rings. The lowest BCUT2D eigenvalue weighted by Crippen LogP contribution is -2.30. The van der Waals surface area contributed by atoms with Gasteiger partial charge in [0, 0.05) is 11.3 Å². The number of carbonyl (C=O) groups excluding carboxylic acids is 2. The molecule has 0 aliphatic rings. The number of methoxy groups -OCH3 is 2. The number of benzene rings is 2. The molecule has 0 heterocycles. The van der Waals surface area contributed by atoms with E-state index in [1.165, 1.54) is 31.4 Å². The van der Waals surface area contributed by atoms with E-state index in [0.29, 0.717) is 17.0 Å². The van der Waals surface area contributed by atoms with Gasteiger partial charge in [0.25, 0.3) is 15.9 Å². The van der Waals surface area contributed by atoms with Crippen LogP contribution in [0.3, 0.4) is 0 Å². The van der Waals surface area contributed by atoms with E-state index in [-0.39, 0.29) is 10.8 Å². The molecule has 2 rings (SSSR count). The zero-order valence-electron chi connectivity index (χ0n) is 13.5. The molecule has 9 heteroatoms. The Morgan fingerprint density at radius 1 is 0.920 bits per heavy atom. The van der Waals surface area contributed by atoms with Gasteiger partial charge in [-0.15, -0.1) is 0 Å². The van der Waals surface area contributed by atoms with Crippen molar-refractivity contribution in [1.82, 2.24) is 4.72 Å². The van der Waals surface area contributed by atoms with Gasteiger partial charge < -0.3 is 14.8 Å². The highest BCUT2D eigenvalue weighted by Crippen LogP contribution is 2.16. The van der Waals surface area contributed by atoms with E-state index in [1.54, 1.807) is 29.0 Å². The lowest BCUT2D eigenvalue weighted by Gasteiger charge is -2.08. The molecule has 2 aromatic carbocycles. The number of hydrogen-bond donors (Lipinski definition) is 2. The largest absolute Gasteiger partial charge is 0.497 e. The molecule has 0 unspecified atom stereocenters. The van der Waals surface area contributed by atoms with Crippen molar-refractivity contribution in [3.05, 3.63) is 54.1 Å². The highest BCUT2D eigenvalue weighted by Gasteiger charge is 2.17. The predicted molar refractivity (Wildman–Crippen MR) is 90.1 cm³/mol. The van der Waals surface area contributed by atoms with Crippen molar-refractivity contribution in [1.29, 1.82) is 0 Å². The standard InChI is InChI=1S/C16H16N2O6S/c1-23-13-7-3-11(4-8-13)15(19)17-12-5-9-14(10-6-12)25(21,22)18-16(20)24-2/h3-10H,1-2H3,(H,17,19)(H,18,20). The van der Waals surface area contributed by atoms with Gasteiger partial charge in [0.1, 0.15) is 5.75 Å². The Bertz CT molecular complexity index is 861. The molecule has 0 bridgehead atoms. The average molecular weight is 364 g/mol. The van der Waals surface area contributed by atoms with E-state index in [1.807, 2.05) is 0 Å². The summed E-state index contributed by atoms with van der Waals surface area (Å²) in [5.41, 5.74) is 0.822. The van der Waals surface area contributed by atoms with E-state index < -0.39 is 16.1 Å². The number of anilines is 1. The summed E-state index contributed by atoms with van der Waals surface area (Å²) in [5, 5.41) is 2.64. The van der Waals surface area contributed by atoms with Crippen LogP contribution in [0.1, 0.15) is 10.4 Å². The van der Waals surface area contributed by atoms with Crippen LogP contribution in [-0.2, 0) is 14.8 Å². The van der Waals surface area contributed by atoms with Gasteiger partial charge in [-0.3, -0.25) is 4.79 Å². The van der Waals surface area contributed by atoms with Crippen molar-refractivity contribution >= 4 is 27.7 Å². The molecule has 0 spiro atoms. The van der Waals surface area contributed by atoms with Crippen molar-refractivity contribution in [2.75, 3.05) is 19.5 Å². The van der Waals surface area contributed by atoms with E-state index in [9.17, 15) is 18.0 Å². The molecule has 0 fully saturated rings. The Morgan fingerprint density at radius 2 is 1.52 bits per heavy atom. The maximum absolute atomic E-state index is 12.1. The fourth-order valence-corrected chi connectivity index (χ4v) is 2.79. The van der Waals surface area contributed by atoms with E-state index in [4.69, 9.17) is 4.74 Å². The van der Waals surface area contributed by atoms with Crippen LogP contribution in [0.4, 0.5) is 10.5 Å². The van der Waals surface area contributed by atoms with Crippen LogP contribution in [-0.4, -0.2) is 34.6 Å². The molecule has 0 saturated carbocycles. The fourth-order valence-electron chi connectivity index (χ4n) is 1.87. The monoisotopic (exact) mass is 364 g/mol. The third-order valence-corrected chi connectivity index (χ3v) is 4.51. The highest BCUT2D eigenvalue weighted by molar-refractivity contribution is 7.90. The topological polar surface area (TPSA) is 111 Å². The number of hydrogen-bond acceptors (Lipinski definition) is 6. The lowest BCUT2D eigenvalue weighted by molar-refractivity contribution is 0.102.